The van der Waals surface area contributed by atoms with Gasteiger partial charge in [-0.05, 0) is 101 Å². The lowest BCUT2D eigenvalue weighted by Gasteiger charge is -2.22. The molecule has 1 aliphatic rings. The minimum atomic E-state index is -0.140. The molecule has 52 heavy (non-hydrogen) atoms. The van der Waals surface area contributed by atoms with Gasteiger partial charge in [0.2, 0.25) is 0 Å². The molecule has 1 aliphatic carbocycles. The average Bonchev–Trinajstić information content (AvgIpc) is 3.68. The van der Waals surface area contributed by atoms with Gasteiger partial charge in [-0.1, -0.05) is 166 Å². The molecule has 0 saturated heterocycles. The van der Waals surface area contributed by atoms with Crippen LogP contribution in [0.2, 0.25) is 0 Å². The zero-order valence-corrected chi connectivity index (χ0v) is 29.1. The summed E-state index contributed by atoms with van der Waals surface area (Å²) in [6.45, 7) is 4.69. The molecule has 9 aromatic carbocycles. The number of fused-ring (bicyclic) bond motifs is 10. The van der Waals surface area contributed by atoms with Gasteiger partial charge in [-0.15, -0.1) is 0 Å². The van der Waals surface area contributed by atoms with E-state index in [4.69, 9.17) is 4.42 Å². The van der Waals surface area contributed by atoms with Gasteiger partial charge in [0.15, 0.2) is 0 Å². The van der Waals surface area contributed by atoms with Crippen molar-refractivity contribution in [3.63, 3.8) is 0 Å². The summed E-state index contributed by atoms with van der Waals surface area (Å²) >= 11 is 0. The van der Waals surface area contributed by atoms with Crippen molar-refractivity contribution < 1.29 is 4.42 Å². The van der Waals surface area contributed by atoms with E-state index < -0.39 is 0 Å². The zero-order valence-electron chi connectivity index (χ0n) is 29.1. The van der Waals surface area contributed by atoms with Gasteiger partial charge in [-0.3, -0.25) is 0 Å². The standard InChI is InChI=1S/C51H34O/c1-51(2)44-28-27-42-37-13-9-10-18-46(37)52-50(42)49(44)43-26-25-35(30-45(43)51)32-19-22-33(23-20-32)47-38-14-5-7-16-40(38)48(41-17-8-6-15-39(41)47)36-24-21-31-11-3-4-12-34(31)29-36/h3-30H,1-2H3. The van der Waals surface area contributed by atoms with Crippen LogP contribution in [0.15, 0.2) is 174 Å². The van der Waals surface area contributed by atoms with Gasteiger partial charge in [0, 0.05) is 21.8 Å². The predicted octanol–water partition coefficient (Wildman–Crippen LogP) is 14.4. The van der Waals surface area contributed by atoms with Gasteiger partial charge < -0.3 is 4.42 Å². The highest BCUT2D eigenvalue weighted by Crippen LogP contribution is 2.53. The van der Waals surface area contributed by atoms with Crippen LogP contribution in [0.3, 0.4) is 0 Å². The highest BCUT2D eigenvalue weighted by Gasteiger charge is 2.38. The summed E-state index contributed by atoms with van der Waals surface area (Å²) in [5.41, 5.74) is 14.5. The topological polar surface area (TPSA) is 13.1 Å². The van der Waals surface area contributed by atoms with Gasteiger partial charge in [-0.2, -0.15) is 0 Å². The minimum Gasteiger partial charge on any atom is -0.455 e. The molecule has 1 aromatic heterocycles. The Kier molecular flexibility index (Phi) is 6.08. The molecule has 0 aliphatic heterocycles. The van der Waals surface area contributed by atoms with Crippen LogP contribution in [0.25, 0.3) is 98.8 Å². The highest BCUT2D eigenvalue weighted by atomic mass is 16.3. The molecule has 0 bridgehead atoms. The van der Waals surface area contributed by atoms with Crippen molar-refractivity contribution in [2.45, 2.75) is 19.3 Å². The third-order valence-electron chi connectivity index (χ3n) is 11.7. The number of para-hydroxylation sites is 1. The fourth-order valence-corrected chi connectivity index (χ4v) is 9.11. The molecule has 10 aromatic rings. The van der Waals surface area contributed by atoms with E-state index in [2.05, 4.69) is 178 Å². The molecule has 1 nitrogen and oxygen atoms in total. The molecule has 1 heterocycles. The summed E-state index contributed by atoms with van der Waals surface area (Å²) in [6, 6.07) is 62.4. The third-order valence-corrected chi connectivity index (χ3v) is 11.7. The molecule has 0 unspecified atom stereocenters. The Morgan fingerprint density at radius 1 is 0.365 bits per heavy atom. The Morgan fingerprint density at radius 3 is 1.63 bits per heavy atom. The van der Waals surface area contributed by atoms with Crippen LogP contribution in [0, 0.1) is 0 Å². The SMILES string of the molecule is CC1(C)c2cc(-c3ccc(-c4c5ccccc5c(-c5ccc6ccccc6c5)c5ccccc45)cc3)ccc2-c2c1ccc1c2oc2ccccc21. The smallest absolute Gasteiger partial charge is 0.143 e. The molecule has 0 N–H and O–H groups in total. The second-order valence-corrected chi connectivity index (χ2v) is 14.8. The quantitative estimate of drug-likeness (QED) is 0.172. The van der Waals surface area contributed by atoms with Gasteiger partial charge in [0.1, 0.15) is 11.2 Å². The molecule has 0 saturated carbocycles. The van der Waals surface area contributed by atoms with Crippen molar-refractivity contribution >= 4 is 54.3 Å². The summed E-state index contributed by atoms with van der Waals surface area (Å²) in [5.74, 6) is 0. The first-order valence-corrected chi connectivity index (χ1v) is 18.2. The van der Waals surface area contributed by atoms with E-state index in [0.717, 1.165) is 11.2 Å². The Balaban J connectivity index is 1.04. The third kappa shape index (κ3) is 4.11. The number of hydrogen-bond donors (Lipinski definition) is 0. The molecule has 244 valence electrons. The van der Waals surface area contributed by atoms with Crippen LogP contribution >= 0.6 is 0 Å². The second kappa shape index (κ2) is 10.8. The molecular weight excluding hydrogens is 629 g/mol. The van der Waals surface area contributed by atoms with E-state index in [1.165, 1.54) is 98.7 Å². The Bertz CT molecular complexity index is 3030. The largest absolute Gasteiger partial charge is 0.455 e. The van der Waals surface area contributed by atoms with Crippen LogP contribution in [-0.2, 0) is 5.41 Å². The van der Waals surface area contributed by atoms with Crippen molar-refractivity contribution in [2.75, 3.05) is 0 Å². The van der Waals surface area contributed by atoms with Gasteiger partial charge in [-0.25, -0.2) is 0 Å². The first kappa shape index (κ1) is 29.3. The van der Waals surface area contributed by atoms with Crippen molar-refractivity contribution in [1.82, 2.24) is 0 Å². The Morgan fingerprint density at radius 2 is 0.923 bits per heavy atom. The van der Waals surface area contributed by atoms with E-state index in [0.29, 0.717) is 0 Å². The first-order valence-electron chi connectivity index (χ1n) is 18.2. The van der Waals surface area contributed by atoms with E-state index in [1.54, 1.807) is 0 Å². The maximum Gasteiger partial charge on any atom is 0.143 e. The number of furan rings is 1. The lowest BCUT2D eigenvalue weighted by molar-refractivity contribution is 0.653. The summed E-state index contributed by atoms with van der Waals surface area (Å²) in [5, 5.41) is 9.96. The molecule has 11 rings (SSSR count). The maximum atomic E-state index is 6.53. The van der Waals surface area contributed by atoms with Crippen LogP contribution in [0.1, 0.15) is 25.0 Å². The molecule has 0 spiro atoms. The van der Waals surface area contributed by atoms with Crippen molar-refractivity contribution in [1.29, 1.82) is 0 Å². The van der Waals surface area contributed by atoms with Crippen LogP contribution in [0.4, 0.5) is 0 Å². The average molecular weight is 663 g/mol. The summed E-state index contributed by atoms with van der Waals surface area (Å²) in [4.78, 5) is 0. The van der Waals surface area contributed by atoms with Crippen molar-refractivity contribution in [3.8, 4) is 44.5 Å². The maximum absolute atomic E-state index is 6.53. The van der Waals surface area contributed by atoms with E-state index in [-0.39, 0.29) is 5.41 Å². The number of benzene rings is 9. The molecular formula is C51H34O. The number of hydrogen-bond acceptors (Lipinski definition) is 1. The minimum absolute atomic E-state index is 0.140. The highest BCUT2D eigenvalue weighted by molar-refractivity contribution is 6.22. The molecule has 0 amide bonds. The molecule has 0 atom stereocenters. The fraction of sp³-hybridized carbons (Fsp3) is 0.0588. The van der Waals surface area contributed by atoms with Gasteiger partial charge >= 0.3 is 0 Å². The zero-order chi connectivity index (χ0) is 34.6. The lowest BCUT2D eigenvalue weighted by atomic mass is 9.81. The Hall–Kier alpha value is -6.44. The van der Waals surface area contributed by atoms with E-state index in [1.807, 2.05) is 6.07 Å². The van der Waals surface area contributed by atoms with E-state index in [9.17, 15) is 0 Å². The summed E-state index contributed by atoms with van der Waals surface area (Å²) < 4.78 is 6.53. The van der Waals surface area contributed by atoms with Crippen LogP contribution in [0.5, 0.6) is 0 Å². The summed E-state index contributed by atoms with van der Waals surface area (Å²) in [7, 11) is 0. The summed E-state index contributed by atoms with van der Waals surface area (Å²) in [6.07, 6.45) is 0. The normalized spacial score (nSPS) is 13.3. The molecule has 1 heteroatoms. The van der Waals surface area contributed by atoms with Crippen LogP contribution in [-0.4, -0.2) is 0 Å². The van der Waals surface area contributed by atoms with Crippen molar-refractivity contribution in [2.24, 2.45) is 0 Å². The number of rotatable bonds is 3. The second-order valence-electron chi connectivity index (χ2n) is 14.8. The van der Waals surface area contributed by atoms with Gasteiger partial charge in [0.05, 0.1) is 0 Å². The van der Waals surface area contributed by atoms with E-state index >= 15 is 0 Å². The lowest BCUT2D eigenvalue weighted by Crippen LogP contribution is -2.14. The predicted molar refractivity (Wildman–Crippen MR) is 220 cm³/mol. The Labute approximate surface area is 302 Å². The van der Waals surface area contributed by atoms with Crippen molar-refractivity contribution in [3.05, 3.63) is 181 Å². The van der Waals surface area contributed by atoms with Gasteiger partial charge in [0.25, 0.3) is 0 Å². The monoisotopic (exact) mass is 662 g/mol. The molecule has 0 fully saturated rings. The van der Waals surface area contributed by atoms with Crippen LogP contribution < -0.4 is 0 Å². The first-order chi connectivity index (χ1) is 25.5. The fourth-order valence-electron chi connectivity index (χ4n) is 9.11. The molecule has 0 radical (unpaired) electrons.